The SMILES string of the molecule is CF.CN1CCc2ccc(C(=O)Oc3ccccc3)cc2CC1.FF.FF. The first-order chi connectivity index (χ1) is 13.2. The molecule has 1 aliphatic rings. The molecule has 27 heavy (non-hydrogen) atoms. The molecule has 0 N–H and O–H groups in total. The maximum Gasteiger partial charge on any atom is 0.343 e. The van der Waals surface area contributed by atoms with Crippen molar-refractivity contribution in [3.63, 3.8) is 0 Å². The standard InChI is InChI=1S/C18H19NO2.CH3F.2F2/c1-19-11-9-14-7-8-16(13-15(14)10-12-19)18(20)21-17-5-3-2-4-6-17;3*1-2/h2-8,13H,9-12H2,1H3;1H3;;. The molecule has 0 aliphatic carbocycles. The molecule has 3 rings (SSSR count). The highest BCUT2D eigenvalue weighted by Gasteiger charge is 2.15. The van der Waals surface area contributed by atoms with E-state index in [1.54, 1.807) is 12.1 Å². The Morgan fingerprint density at radius 3 is 2.04 bits per heavy atom. The Kier molecular flexibility index (Phi) is 13.3. The first-order valence-corrected chi connectivity index (χ1v) is 7.96. The first-order valence-electron chi connectivity index (χ1n) is 7.96. The fourth-order valence-corrected chi connectivity index (χ4v) is 2.62. The largest absolute Gasteiger partial charge is 0.423 e. The van der Waals surface area contributed by atoms with Crippen LogP contribution in [0.1, 0.15) is 21.5 Å². The molecule has 150 valence electrons. The van der Waals surface area contributed by atoms with Crippen LogP contribution in [0.3, 0.4) is 0 Å². The van der Waals surface area contributed by atoms with E-state index < -0.39 is 0 Å². The lowest BCUT2D eigenvalue weighted by Gasteiger charge is -2.10. The summed E-state index contributed by atoms with van der Waals surface area (Å²) in [4.78, 5) is 14.5. The predicted octanol–water partition coefficient (Wildman–Crippen LogP) is 5.20. The van der Waals surface area contributed by atoms with Crippen LogP contribution in [0.15, 0.2) is 48.5 Å². The molecule has 0 unspecified atom stereocenters. The molecule has 2 aromatic carbocycles. The molecular weight excluding hydrogens is 369 g/mol. The number of alkyl halides is 1. The van der Waals surface area contributed by atoms with Gasteiger partial charge in [-0.05, 0) is 55.3 Å². The maximum absolute atomic E-state index is 12.2. The Hall–Kier alpha value is -2.48. The zero-order valence-corrected chi connectivity index (χ0v) is 15.1. The van der Waals surface area contributed by atoms with Crippen molar-refractivity contribution < 1.29 is 32.2 Å². The number of carbonyl (C=O) groups is 1. The number of halogens is 5. The van der Waals surface area contributed by atoms with Crippen molar-refractivity contribution in [2.45, 2.75) is 12.8 Å². The van der Waals surface area contributed by atoms with Crippen LogP contribution in [0.4, 0.5) is 22.7 Å². The summed E-state index contributed by atoms with van der Waals surface area (Å²) in [7, 11) is 2.64. The van der Waals surface area contributed by atoms with Crippen LogP contribution in [0, 0.1) is 0 Å². The number of esters is 1. The molecule has 0 saturated heterocycles. The molecule has 0 radical (unpaired) electrons. The van der Waals surface area contributed by atoms with Crippen molar-refractivity contribution in [3.8, 4) is 5.75 Å². The second-order valence-corrected chi connectivity index (χ2v) is 5.49. The molecule has 0 saturated carbocycles. The van der Waals surface area contributed by atoms with Crippen molar-refractivity contribution in [1.29, 1.82) is 0 Å². The summed E-state index contributed by atoms with van der Waals surface area (Å²) in [5.74, 6) is 0.291. The van der Waals surface area contributed by atoms with Crippen LogP contribution in [-0.2, 0) is 12.8 Å². The number of fused-ring (bicyclic) bond motifs is 1. The lowest BCUT2D eigenvalue weighted by atomic mass is 10.0. The van der Waals surface area contributed by atoms with Gasteiger partial charge in [-0.1, -0.05) is 24.3 Å². The highest BCUT2D eigenvalue weighted by Crippen LogP contribution is 2.19. The second kappa shape index (κ2) is 14.7. The van der Waals surface area contributed by atoms with Gasteiger partial charge in [0.2, 0.25) is 0 Å². The van der Waals surface area contributed by atoms with Gasteiger partial charge >= 0.3 is 5.97 Å². The number of hydrogen-bond donors (Lipinski definition) is 0. The van der Waals surface area contributed by atoms with Gasteiger partial charge in [0.1, 0.15) is 5.75 Å². The van der Waals surface area contributed by atoms with Crippen molar-refractivity contribution in [2.75, 3.05) is 27.3 Å². The van der Waals surface area contributed by atoms with Crippen LogP contribution >= 0.6 is 0 Å². The Morgan fingerprint density at radius 2 is 1.44 bits per heavy atom. The third-order valence-corrected chi connectivity index (χ3v) is 3.92. The van der Waals surface area contributed by atoms with Crippen LogP contribution in [0.25, 0.3) is 0 Å². The average Bonchev–Trinajstić information content (AvgIpc) is 2.94. The van der Waals surface area contributed by atoms with Gasteiger partial charge in [0.15, 0.2) is 0 Å². The molecule has 8 heteroatoms. The van der Waals surface area contributed by atoms with E-state index in [0.29, 0.717) is 18.5 Å². The molecule has 3 nitrogen and oxygen atoms in total. The molecule has 0 spiro atoms. The van der Waals surface area contributed by atoms with Gasteiger partial charge < -0.3 is 9.64 Å². The molecule has 0 atom stereocenters. The summed E-state index contributed by atoms with van der Waals surface area (Å²) in [5, 5.41) is 0. The minimum absolute atomic E-state index is 0.290. The van der Waals surface area contributed by atoms with E-state index >= 15 is 0 Å². The first kappa shape index (κ1) is 24.5. The van der Waals surface area contributed by atoms with Crippen LogP contribution in [0.2, 0.25) is 0 Å². The molecule has 0 bridgehead atoms. The predicted molar refractivity (Wildman–Crippen MR) is 94.2 cm³/mol. The van der Waals surface area contributed by atoms with Crippen LogP contribution < -0.4 is 4.74 Å². The topological polar surface area (TPSA) is 29.5 Å². The van der Waals surface area contributed by atoms with E-state index in [0.717, 1.165) is 25.9 Å². The van der Waals surface area contributed by atoms with E-state index in [4.69, 9.17) is 23.0 Å². The normalized spacial score (nSPS) is 12.4. The van der Waals surface area contributed by atoms with Gasteiger partial charge in [0.05, 0.1) is 12.7 Å². The Labute approximate surface area is 155 Å². The van der Waals surface area contributed by atoms with Gasteiger partial charge in [-0.25, -0.2) is 4.79 Å². The number of nitrogens with zero attached hydrogens (tertiary/aromatic N) is 1. The quantitative estimate of drug-likeness (QED) is 0.400. The summed E-state index contributed by atoms with van der Waals surface area (Å²) in [6, 6.07) is 15.1. The Balaban J connectivity index is 0.00000103. The van der Waals surface area contributed by atoms with Crippen molar-refractivity contribution in [1.82, 2.24) is 4.90 Å². The highest BCUT2D eigenvalue weighted by atomic mass is 20.0. The van der Waals surface area contributed by atoms with Gasteiger partial charge in [-0.15, -0.1) is 0 Å². The fourth-order valence-electron chi connectivity index (χ4n) is 2.62. The van der Waals surface area contributed by atoms with Gasteiger partial charge in [-0.3, -0.25) is 4.39 Å². The number of rotatable bonds is 2. The lowest BCUT2D eigenvalue weighted by Crippen LogP contribution is -2.20. The highest BCUT2D eigenvalue weighted by molar-refractivity contribution is 5.91. The Morgan fingerprint density at radius 1 is 0.889 bits per heavy atom. The number of benzene rings is 2. The van der Waals surface area contributed by atoms with Crippen molar-refractivity contribution >= 4 is 5.97 Å². The van der Waals surface area contributed by atoms with E-state index in [9.17, 15) is 9.18 Å². The summed E-state index contributed by atoms with van der Waals surface area (Å²) in [6.07, 6.45) is 2.03. The average molecular weight is 391 g/mol. The molecule has 2 aromatic rings. The Bertz CT molecular complexity index is 656. The third kappa shape index (κ3) is 8.17. The monoisotopic (exact) mass is 391 g/mol. The number of carbonyl (C=O) groups excluding carboxylic acids is 1. The maximum atomic E-state index is 12.2. The summed E-state index contributed by atoms with van der Waals surface area (Å²) in [5.41, 5.74) is 3.24. The number of hydrogen-bond acceptors (Lipinski definition) is 3. The lowest BCUT2D eigenvalue weighted by molar-refractivity contribution is 0.0734. The summed E-state index contributed by atoms with van der Waals surface area (Å²) < 4.78 is 46.9. The van der Waals surface area contributed by atoms with E-state index in [-0.39, 0.29) is 5.97 Å². The number of para-hydroxylation sites is 1. The summed E-state index contributed by atoms with van der Waals surface area (Å²) in [6.45, 7) is 2.10. The molecule has 0 amide bonds. The van der Waals surface area contributed by atoms with Gasteiger partial charge in [0.25, 0.3) is 0 Å². The molecular formula is C19H22F5NO2. The number of likely N-dealkylation sites (N-methyl/N-ethyl adjacent to an activating group) is 1. The van der Waals surface area contributed by atoms with Crippen molar-refractivity contribution in [3.05, 3.63) is 65.2 Å². The smallest absolute Gasteiger partial charge is 0.343 e. The minimum Gasteiger partial charge on any atom is -0.423 e. The van der Waals surface area contributed by atoms with E-state index in [1.165, 1.54) is 11.1 Å². The molecule has 1 heterocycles. The van der Waals surface area contributed by atoms with Gasteiger partial charge in [0, 0.05) is 31.4 Å². The minimum atomic E-state index is -0.290. The fraction of sp³-hybridized carbons (Fsp3) is 0.316. The molecule has 0 aromatic heterocycles. The van der Waals surface area contributed by atoms with Gasteiger partial charge in [-0.2, -0.15) is 0 Å². The zero-order chi connectivity index (χ0) is 20.7. The second-order valence-electron chi connectivity index (χ2n) is 5.49. The van der Waals surface area contributed by atoms with E-state index in [1.807, 2.05) is 30.3 Å². The zero-order valence-electron chi connectivity index (χ0n) is 15.1. The molecule has 0 fully saturated rings. The van der Waals surface area contributed by atoms with Crippen LogP contribution in [-0.4, -0.2) is 38.2 Å². The number of ether oxygens (including phenoxy) is 1. The van der Waals surface area contributed by atoms with Crippen LogP contribution in [0.5, 0.6) is 5.75 Å². The molecule has 1 aliphatic heterocycles. The van der Waals surface area contributed by atoms with E-state index in [2.05, 4.69) is 18.0 Å². The van der Waals surface area contributed by atoms with Crippen molar-refractivity contribution in [2.24, 2.45) is 0 Å². The summed E-state index contributed by atoms with van der Waals surface area (Å²) >= 11 is 0. The third-order valence-electron chi connectivity index (χ3n) is 3.92.